The molecule has 1 unspecified atom stereocenters. The molecule has 1 N–H and O–H groups in total. The number of thiophene rings is 1. The molecule has 0 aliphatic carbocycles. The molecule has 0 radical (unpaired) electrons. The van der Waals surface area contributed by atoms with Crippen LogP contribution in [-0.4, -0.2) is 36.4 Å². The number of carbonyl (C=O) groups excluding carboxylic acids is 2. The van der Waals surface area contributed by atoms with E-state index >= 15 is 0 Å². The van der Waals surface area contributed by atoms with Crippen molar-refractivity contribution in [3.8, 4) is 0 Å². The van der Waals surface area contributed by atoms with Crippen LogP contribution in [-0.2, 0) is 4.74 Å². The molecule has 28 heavy (non-hydrogen) atoms. The highest BCUT2D eigenvalue weighted by Crippen LogP contribution is 2.33. The second-order valence-electron chi connectivity index (χ2n) is 7.54. The summed E-state index contributed by atoms with van der Waals surface area (Å²) in [5.41, 5.74) is 2.27. The highest BCUT2D eigenvalue weighted by atomic mass is 32.1. The van der Waals surface area contributed by atoms with Gasteiger partial charge in [0.25, 0.3) is 11.8 Å². The first-order valence-electron chi connectivity index (χ1n) is 10.0. The lowest BCUT2D eigenvalue weighted by molar-refractivity contribution is 0.0724. The molecule has 2 saturated heterocycles. The lowest BCUT2D eigenvalue weighted by Gasteiger charge is -2.27. The van der Waals surface area contributed by atoms with Crippen LogP contribution >= 0.6 is 11.3 Å². The van der Waals surface area contributed by atoms with E-state index in [0.29, 0.717) is 16.1 Å². The molecule has 2 amide bonds. The molecule has 1 atom stereocenters. The summed E-state index contributed by atoms with van der Waals surface area (Å²) in [5, 5.41) is 2.99. The van der Waals surface area contributed by atoms with Gasteiger partial charge in [0.1, 0.15) is 0 Å². The third kappa shape index (κ3) is 4.13. The van der Waals surface area contributed by atoms with Crippen molar-refractivity contribution in [2.75, 3.05) is 25.0 Å². The lowest BCUT2D eigenvalue weighted by Crippen LogP contribution is -2.35. The fourth-order valence-electron chi connectivity index (χ4n) is 3.80. The second-order valence-corrected chi connectivity index (χ2v) is 8.66. The minimum atomic E-state index is -0.139. The number of anilines is 1. The van der Waals surface area contributed by atoms with Crippen molar-refractivity contribution >= 4 is 28.8 Å². The largest absolute Gasteiger partial charge is 0.373 e. The number of amides is 2. The van der Waals surface area contributed by atoms with E-state index in [1.807, 2.05) is 36.1 Å². The highest BCUT2D eigenvalue weighted by Gasteiger charge is 2.22. The number of nitrogens with one attached hydrogen (secondary N) is 1. The maximum Gasteiger partial charge on any atom is 0.265 e. The van der Waals surface area contributed by atoms with Gasteiger partial charge in [0.2, 0.25) is 0 Å². The van der Waals surface area contributed by atoms with E-state index in [-0.39, 0.29) is 17.9 Å². The molecule has 5 nitrogen and oxygen atoms in total. The van der Waals surface area contributed by atoms with Gasteiger partial charge >= 0.3 is 0 Å². The summed E-state index contributed by atoms with van der Waals surface area (Å²) >= 11 is 1.48. The van der Waals surface area contributed by atoms with Crippen LogP contribution in [0.3, 0.4) is 0 Å². The van der Waals surface area contributed by atoms with Gasteiger partial charge in [-0.25, -0.2) is 0 Å². The summed E-state index contributed by atoms with van der Waals surface area (Å²) < 4.78 is 5.71. The van der Waals surface area contributed by atoms with Gasteiger partial charge in [-0.05, 0) is 68.9 Å². The van der Waals surface area contributed by atoms with Gasteiger partial charge in [-0.1, -0.05) is 6.07 Å². The van der Waals surface area contributed by atoms with Crippen molar-refractivity contribution in [2.24, 2.45) is 0 Å². The number of aryl methyl sites for hydroxylation is 1. The summed E-state index contributed by atoms with van der Waals surface area (Å²) in [5.74, 6) is -0.0908. The maximum absolute atomic E-state index is 12.8. The minimum absolute atomic E-state index is 0.0481. The molecule has 2 aromatic rings. The average Bonchev–Trinajstić information content (AvgIpc) is 3.41. The van der Waals surface area contributed by atoms with Crippen molar-refractivity contribution in [2.45, 2.75) is 45.1 Å². The third-order valence-corrected chi connectivity index (χ3v) is 6.65. The normalized spacial score (nSPS) is 19.6. The summed E-state index contributed by atoms with van der Waals surface area (Å²) in [4.78, 5) is 29.2. The number of ether oxygens (including phenoxy) is 1. The molecule has 0 saturated carbocycles. The van der Waals surface area contributed by atoms with Crippen molar-refractivity contribution in [3.63, 3.8) is 0 Å². The maximum atomic E-state index is 12.8. The van der Waals surface area contributed by atoms with Crippen LogP contribution in [0.2, 0.25) is 0 Å². The Hall–Kier alpha value is -2.18. The zero-order valence-corrected chi connectivity index (χ0v) is 17.0. The van der Waals surface area contributed by atoms with E-state index < -0.39 is 0 Å². The van der Waals surface area contributed by atoms with Crippen molar-refractivity contribution in [1.29, 1.82) is 0 Å². The number of likely N-dealkylation sites (tertiary alicyclic amines) is 1. The number of hydrogen-bond donors (Lipinski definition) is 1. The van der Waals surface area contributed by atoms with Gasteiger partial charge in [0, 0.05) is 35.8 Å². The van der Waals surface area contributed by atoms with E-state index in [9.17, 15) is 9.59 Å². The van der Waals surface area contributed by atoms with Crippen LogP contribution in [0, 0.1) is 6.92 Å². The SMILES string of the molecule is Cc1ccc(C(=O)N2CCCCC2)cc1NC(=O)c1ccc(C2CCCO2)s1. The van der Waals surface area contributed by atoms with Crippen molar-refractivity contribution < 1.29 is 14.3 Å². The van der Waals surface area contributed by atoms with E-state index in [0.717, 1.165) is 55.8 Å². The van der Waals surface area contributed by atoms with Crippen LogP contribution in [0.1, 0.15) is 68.7 Å². The molecule has 2 aliphatic heterocycles. The van der Waals surface area contributed by atoms with Crippen LogP contribution in [0.25, 0.3) is 0 Å². The molecule has 2 fully saturated rings. The molecule has 0 spiro atoms. The van der Waals surface area contributed by atoms with Gasteiger partial charge in [0.05, 0.1) is 11.0 Å². The van der Waals surface area contributed by atoms with Crippen LogP contribution in [0.15, 0.2) is 30.3 Å². The molecule has 0 bridgehead atoms. The minimum Gasteiger partial charge on any atom is -0.373 e. The first kappa shape index (κ1) is 19.2. The van der Waals surface area contributed by atoms with E-state index in [1.54, 1.807) is 6.07 Å². The number of hydrogen-bond acceptors (Lipinski definition) is 4. The Bertz CT molecular complexity index is 864. The van der Waals surface area contributed by atoms with E-state index in [1.165, 1.54) is 17.8 Å². The average molecular weight is 399 g/mol. The van der Waals surface area contributed by atoms with Crippen molar-refractivity contribution in [1.82, 2.24) is 4.90 Å². The number of nitrogens with zero attached hydrogens (tertiary/aromatic N) is 1. The Balaban J connectivity index is 1.47. The zero-order valence-electron chi connectivity index (χ0n) is 16.2. The molecule has 148 valence electrons. The Labute approximate surface area is 169 Å². The molecule has 4 rings (SSSR count). The number of carbonyl (C=O) groups is 2. The highest BCUT2D eigenvalue weighted by molar-refractivity contribution is 7.14. The predicted octanol–water partition coefficient (Wildman–Crippen LogP) is 4.79. The second kappa shape index (κ2) is 8.45. The number of piperidine rings is 1. The van der Waals surface area contributed by atoms with Gasteiger partial charge < -0.3 is 15.0 Å². The summed E-state index contributed by atoms with van der Waals surface area (Å²) in [6.07, 6.45) is 5.52. The van der Waals surface area contributed by atoms with E-state index in [4.69, 9.17) is 4.74 Å². The van der Waals surface area contributed by atoms with Gasteiger partial charge in [-0.15, -0.1) is 11.3 Å². The van der Waals surface area contributed by atoms with Crippen LogP contribution in [0.5, 0.6) is 0 Å². The summed E-state index contributed by atoms with van der Waals surface area (Å²) in [6.45, 7) is 4.36. The zero-order chi connectivity index (χ0) is 19.5. The standard InChI is InChI=1S/C22H26N2O3S/c1-15-7-8-16(22(26)24-11-3-2-4-12-24)14-17(15)23-21(25)20-10-9-19(28-20)18-6-5-13-27-18/h7-10,14,18H,2-6,11-13H2,1H3,(H,23,25). The van der Waals surface area contributed by atoms with Crippen LogP contribution < -0.4 is 5.32 Å². The monoisotopic (exact) mass is 398 g/mol. The van der Waals surface area contributed by atoms with Gasteiger partial charge in [-0.3, -0.25) is 9.59 Å². The van der Waals surface area contributed by atoms with Crippen LogP contribution in [0.4, 0.5) is 5.69 Å². The Morgan fingerprint density at radius 3 is 2.68 bits per heavy atom. The topological polar surface area (TPSA) is 58.6 Å². The molecule has 6 heteroatoms. The quantitative estimate of drug-likeness (QED) is 0.806. The first-order chi connectivity index (χ1) is 13.6. The Morgan fingerprint density at radius 1 is 1.11 bits per heavy atom. The Morgan fingerprint density at radius 2 is 1.93 bits per heavy atom. The predicted molar refractivity (Wildman–Crippen MR) is 111 cm³/mol. The van der Waals surface area contributed by atoms with Gasteiger partial charge in [0.15, 0.2) is 0 Å². The molecular formula is C22H26N2O3S. The molecule has 3 heterocycles. The molecule has 2 aliphatic rings. The van der Waals surface area contributed by atoms with Gasteiger partial charge in [-0.2, -0.15) is 0 Å². The summed E-state index contributed by atoms with van der Waals surface area (Å²) in [7, 11) is 0. The molecule has 1 aromatic carbocycles. The molecule has 1 aromatic heterocycles. The fourth-order valence-corrected chi connectivity index (χ4v) is 4.79. The number of benzene rings is 1. The molecular weight excluding hydrogens is 372 g/mol. The summed E-state index contributed by atoms with van der Waals surface area (Å²) in [6, 6.07) is 9.40. The van der Waals surface area contributed by atoms with E-state index in [2.05, 4.69) is 5.32 Å². The fraction of sp³-hybridized carbons (Fsp3) is 0.455. The first-order valence-corrected chi connectivity index (χ1v) is 10.9. The smallest absolute Gasteiger partial charge is 0.265 e. The Kier molecular flexibility index (Phi) is 5.78. The van der Waals surface area contributed by atoms with Crippen molar-refractivity contribution in [3.05, 3.63) is 51.2 Å². The third-order valence-electron chi connectivity index (χ3n) is 5.47. The number of rotatable bonds is 4. The lowest BCUT2D eigenvalue weighted by atomic mass is 10.1.